The molecule has 1 N–H and O–H groups in total. The van der Waals surface area contributed by atoms with Crippen molar-refractivity contribution in [3.05, 3.63) is 16.1 Å². The van der Waals surface area contributed by atoms with Crippen LogP contribution in [0.5, 0.6) is 0 Å². The van der Waals surface area contributed by atoms with E-state index in [2.05, 4.69) is 51.8 Å². The van der Waals surface area contributed by atoms with Crippen LogP contribution in [0, 0.1) is 17.8 Å². The number of carbonyl (C=O) groups excluding carboxylic acids is 2. The molecule has 0 saturated carbocycles. The molecule has 1 aromatic rings. The van der Waals surface area contributed by atoms with Crippen molar-refractivity contribution in [2.75, 3.05) is 13.1 Å². The van der Waals surface area contributed by atoms with Crippen LogP contribution in [0.2, 0.25) is 0 Å². The van der Waals surface area contributed by atoms with Gasteiger partial charge in [-0.05, 0) is 24.7 Å². The van der Waals surface area contributed by atoms with E-state index in [0.29, 0.717) is 30.6 Å². The first-order valence-electron chi connectivity index (χ1n) is 10.3. The molecule has 6 heteroatoms. The van der Waals surface area contributed by atoms with E-state index in [1.54, 1.807) is 5.38 Å². The highest BCUT2D eigenvalue weighted by atomic mass is 32.1. The van der Waals surface area contributed by atoms with Gasteiger partial charge in [0, 0.05) is 24.4 Å². The van der Waals surface area contributed by atoms with E-state index in [0.717, 1.165) is 37.2 Å². The Balaban J connectivity index is 2.82. The minimum atomic E-state index is -0.137. The lowest BCUT2D eigenvalue weighted by atomic mass is 9.97. The maximum Gasteiger partial charge on any atom is 0.270 e. The second-order valence-electron chi connectivity index (χ2n) is 8.09. The molecule has 1 atom stereocenters. The van der Waals surface area contributed by atoms with Gasteiger partial charge < -0.3 is 10.2 Å². The fourth-order valence-corrected chi connectivity index (χ4v) is 3.71. The first-order valence-corrected chi connectivity index (χ1v) is 11.2. The minimum Gasteiger partial charge on any atom is -0.350 e. The second-order valence-corrected chi connectivity index (χ2v) is 9.03. The van der Waals surface area contributed by atoms with E-state index in [1.165, 1.54) is 11.3 Å². The Kier molecular flexibility index (Phi) is 10.6. The van der Waals surface area contributed by atoms with Crippen LogP contribution in [-0.2, 0) is 11.3 Å². The molecule has 0 bridgehead atoms. The standard InChI is InChI=1S/C21H37N3O2S/c1-7-9-10-17(8-2)21(26)24(12-16(5)6)13-19-23-18(14-27-19)20(25)22-11-15(3)4/h14-17H,7-13H2,1-6H3,(H,22,25)/t17-/m1/s1. The van der Waals surface area contributed by atoms with Gasteiger partial charge in [0.25, 0.3) is 5.91 Å². The fraction of sp³-hybridized carbons (Fsp3) is 0.762. The van der Waals surface area contributed by atoms with Crippen molar-refractivity contribution in [3.8, 4) is 0 Å². The number of aromatic nitrogens is 1. The SMILES string of the molecule is CCCC[C@@H](CC)C(=O)N(Cc1nc(C(=O)NCC(C)C)cs1)CC(C)C. The van der Waals surface area contributed by atoms with Gasteiger partial charge in [0.05, 0.1) is 6.54 Å². The summed E-state index contributed by atoms with van der Waals surface area (Å²) in [6, 6.07) is 0. The fourth-order valence-electron chi connectivity index (χ4n) is 2.92. The maximum absolute atomic E-state index is 13.1. The van der Waals surface area contributed by atoms with Crippen LogP contribution in [0.15, 0.2) is 5.38 Å². The molecule has 0 spiro atoms. The summed E-state index contributed by atoms with van der Waals surface area (Å²) >= 11 is 1.46. The first kappa shape index (κ1) is 23.6. The monoisotopic (exact) mass is 395 g/mol. The molecule has 154 valence electrons. The predicted octanol–water partition coefficient (Wildman–Crippen LogP) is 4.73. The molecule has 0 radical (unpaired) electrons. The first-order chi connectivity index (χ1) is 12.8. The molecule has 1 heterocycles. The van der Waals surface area contributed by atoms with Gasteiger partial charge in [-0.15, -0.1) is 11.3 Å². The summed E-state index contributed by atoms with van der Waals surface area (Å²) in [5.41, 5.74) is 0.450. The summed E-state index contributed by atoms with van der Waals surface area (Å²) in [6.07, 6.45) is 4.00. The third kappa shape index (κ3) is 8.41. The second kappa shape index (κ2) is 12.1. The van der Waals surface area contributed by atoms with Crippen molar-refractivity contribution in [1.82, 2.24) is 15.2 Å². The van der Waals surface area contributed by atoms with Crippen LogP contribution in [0.25, 0.3) is 0 Å². The Morgan fingerprint density at radius 2 is 1.89 bits per heavy atom. The zero-order chi connectivity index (χ0) is 20.4. The number of unbranched alkanes of at least 4 members (excludes halogenated alkanes) is 1. The van der Waals surface area contributed by atoms with Gasteiger partial charge in [-0.25, -0.2) is 4.98 Å². The van der Waals surface area contributed by atoms with Crippen molar-refractivity contribution in [3.63, 3.8) is 0 Å². The Labute approximate surface area is 168 Å². The van der Waals surface area contributed by atoms with E-state index < -0.39 is 0 Å². The van der Waals surface area contributed by atoms with Crippen LogP contribution in [-0.4, -0.2) is 34.8 Å². The lowest BCUT2D eigenvalue weighted by Crippen LogP contribution is -2.38. The zero-order valence-electron chi connectivity index (χ0n) is 17.9. The molecule has 0 aliphatic rings. The summed E-state index contributed by atoms with van der Waals surface area (Å²) < 4.78 is 0. The molecule has 0 aliphatic heterocycles. The molecule has 0 fully saturated rings. The number of amides is 2. The molecule has 0 saturated heterocycles. The molecule has 2 amide bonds. The number of carbonyl (C=O) groups is 2. The summed E-state index contributed by atoms with van der Waals surface area (Å²) in [6.45, 7) is 14.5. The van der Waals surface area contributed by atoms with Crippen LogP contribution < -0.4 is 5.32 Å². The third-order valence-electron chi connectivity index (χ3n) is 4.43. The van der Waals surface area contributed by atoms with Gasteiger partial charge in [0.1, 0.15) is 10.7 Å². The lowest BCUT2D eigenvalue weighted by Gasteiger charge is -2.28. The van der Waals surface area contributed by atoms with E-state index in [1.807, 2.05) is 4.90 Å². The minimum absolute atomic E-state index is 0.0810. The Morgan fingerprint density at radius 3 is 2.44 bits per heavy atom. The van der Waals surface area contributed by atoms with Crippen LogP contribution >= 0.6 is 11.3 Å². The number of rotatable bonds is 12. The van der Waals surface area contributed by atoms with Gasteiger partial charge in [0.2, 0.25) is 5.91 Å². The van der Waals surface area contributed by atoms with Crippen LogP contribution in [0.3, 0.4) is 0 Å². The molecule has 5 nitrogen and oxygen atoms in total. The van der Waals surface area contributed by atoms with Gasteiger partial charge in [0.15, 0.2) is 0 Å². The number of hydrogen-bond donors (Lipinski definition) is 1. The maximum atomic E-state index is 13.1. The molecule has 0 aromatic carbocycles. The number of nitrogens with one attached hydrogen (secondary N) is 1. The summed E-state index contributed by atoms with van der Waals surface area (Å²) in [7, 11) is 0. The van der Waals surface area contributed by atoms with E-state index in [-0.39, 0.29) is 17.7 Å². The number of thiazole rings is 1. The molecular formula is C21H37N3O2S. The van der Waals surface area contributed by atoms with Crippen molar-refractivity contribution >= 4 is 23.2 Å². The van der Waals surface area contributed by atoms with Crippen molar-refractivity contribution in [2.45, 2.75) is 73.8 Å². The Morgan fingerprint density at radius 1 is 1.19 bits per heavy atom. The molecule has 1 aromatic heterocycles. The Hall–Kier alpha value is -1.43. The van der Waals surface area contributed by atoms with Crippen molar-refractivity contribution in [1.29, 1.82) is 0 Å². The van der Waals surface area contributed by atoms with E-state index in [4.69, 9.17) is 0 Å². The highest BCUT2D eigenvalue weighted by Gasteiger charge is 2.24. The van der Waals surface area contributed by atoms with Gasteiger partial charge in [-0.2, -0.15) is 0 Å². The van der Waals surface area contributed by atoms with E-state index in [9.17, 15) is 9.59 Å². The highest BCUT2D eigenvalue weighted by molar-refractivity contribution is 7.09. The van der Waals surface area contributed by atoms with Gasteiger partial charge in [-0.1, -0.05) is 54.4 Å². The smallest absolute Gasteiger partial charge is 0.270 e. The molecular weight excluding hydrogens is 358 g/mol. The predicted molar refractivity (Wildman–Crippen MR) is 113 cm³/mol. The quantitative estimate of drug-likeness (QED) is 0.556. The van der Waals surface area contributed by atoms with Crippen molar-refractivity contribution < 1.29 is 9.59 Å². The van der Waals surface area contributed by atoms with Gasteiger partial charge >= 0.3 is 0 Å². The number of nitrogens with zero attached hydrogens (tertiary/aromatic N) is 2. The molecule has 0 unspecified atom stereocenters. The highest BCUT2D eigenvalue weighted by Crippen LogP contribution is 2.20. The largest absolute Gasteiger partial charge is 0.350 e. The van der Waals surface area contributed by atoms with Gasteiger partial charge in [-0.3, -0.25) is 9.59 Å². The average Bonchev–Trinajstić information content (AvgIpc) is 3.07. The average molecular weight is 396 g/mol. The number of hydrogen-bond acceptors (Lipinski definition) is 4. The van der Waals surface area contributed by atoms with Crippen LogP contribution in [0.4, 0.5) is 0 Å². The van der Waals surface area contributed by atoms with Crippen molar-refractivity contribution in [2.24, 2.45) is 17.8 Å². The van der Waals surface area contributed by atoms with E-state index >= 15 is 0 Å². The lowest BCUT2D eigenvalue weighted by molar-refractivity contribution is -0.137. The Bertz CT molecular complexity index is 584. The zero-order valence-corrected chi connectivity index (χ0v) is 18.7. The summed E-state index contributed by atoms with van der Waals surface area (Å²) in [5, 5.41) is 5.51. The molecule has 0 aliphatic carbocycles. The third-order valence-corrected chi connectivity index (χ3v) is 5.26. The molecule has 1 rings (SSSR count). The normalized spacial score (nSPS) is 12.4. The summed E-state index contributed by atoms with van der Waals surface area (Å²) in [4.78, 5) is 31.7. The topological polar surface area (TPSA) is 62.3 Å². The summed E-state index contributed by atoms with van der Waals surface area (Å²) in [5.74, 6) is 0.965. The van der Waals surface area contributed by atoms with Crippen LogP contribution in [0.1, 0.15) is 82.7 Å². The molecule has 27 heavy (non-hydrogen) atoms.